The standard InChI is InChI=1S/C17H22N4O3/c1-11(22)17-19-13(10-21(17)3)8-16(24)15-7-12(9-20(15)2)6-14(23)4-5-18/h7,9-10H,4-6,8,18H2,1-3H3. The zero-order chi connectivity index (χ0) is 17.9. The Balaban J connectivity index is 2.12. The second-order valence-corrected chi connectivity index (χ2v) is 5.92. The van der Waals surface area contributed by atoms with Crippen molar-refractivity contribution in [1.82, 2.24) is 14.1 Å². The number of hydrogen-bond donors (Lipinski definition) is 1. The van der Waals surface area contributed by atoms with Crippen molar-refractivity contribution in [2.24, 2.45) is 19.8 Å². The number of aromatic nitrogens is 3. The molecule has 7 heteroatoms. The maximum Gasteiger partial charge on any atom is 0.195 e. The Kier molecular flexibility index (Phi) is 5.46. The molecule has 7 nitrogen and oxygen atoms in total. The summed E-state index contributed by atoms with van der Waals surface area (Å²) < 4.78 is 3.33. The average molecular weight is 330 g/mol. The van der Waals surface area contributed by atoms with E-state index in [1.807, 2.05) is 0 Å². The van der Waals surface area contributed by atoms with Crippen molar-refractivity contribution < 1.29 is 14.4 Å². The van der Waals surface area contributed by atoms with E-state index >= 15 is 0 Å². The van der Waals surface area contributed by atoms with Crippen LogP contribution in [0.5, 0.6) is 0 Å². The van der Waals surface area contributed by atoms with Crippen LogP contribution in [0.3, 0.4) is 0 Å². The largest absolute Gasteiger partial charge is 0.348 e. The highest BCUT2D eigenvalue weighted by Crippen LogP contribution is 2.13. The molecule has 2 aromatic heterocycles. The number of hydrogen-bond acceptors (Lipinski definition) is 5. The Morgan fingerprint density at radius 1 is 1.12 bits per heavy atom. The molecule has 0 aliphatic rings. The molecule has 0 atom stereocenters. The van der Waals surface area contributed by atoms with Crippen LogP contribution in [-0.4, -0.2) is 38.0 Å². The number of carbonyl (C=O) groups excluding carboxylic acids is 3. The number of imidazole rings is 1. The van der Waals surface area contributed by atoms with Gasteiger partial charge in [0.25, 0.3) is 0 Å². The van der Waals surface area contributed by atoms with Crippen LogP contribution in [0, 0.1) is 0 Å². The number of aryl methyl sites for hydroxylation is 2. The zero-order valence-electron chi connectivity index (χ0n) is 14.2. The predicted molar refractivity (Wildman–Crippen MR) is 89.0 cm³/mol. The molecule has 0 spiro atoms. The molecule has 0 radical (unpaired) electrons. The smallest absolute Gasteiger partial charge is 0.195 e. The lowest BCUT2D eigenvalue weighted by Gasteiger charge is -2.00. The summed E-state index contributed by atoms with van der Waals surface area (Å²) in [5.74, 6) is 0.134. The average Bonchev–Trinajstić information content (AvgIpc) is 3.02. The Bertz CT molecular complexity index is 786. The summed E-state index contributed by atoms with van der Waals surface area (Å²) in [6, 6.07) is 1.73. The SMILES string of the molecule is CC(=O)c1nc(CC(=O)c2cc(CC(=O)CCN)cn2C)cn1C. The van der Waals surface area contributed by atoms with Crippen molar-refractivity contribution in [2.75, 3.05) is 6.54 Å². The summed E-state index contributed by atoms with van der Waals surface area (Å²) in [5, 5.41) is 0. The molecule has 0 aliphatic carbocycles. The normalized spacial score (nSPS) is 10.8. The van der Waals surface area contributed by atoms with Crippen LogP contribution in [0.15, 0.2) is 18.5 Å². The van der Waals surface area contributed by atoms with E-state index in [1.165, 1.54) is 6.92 Å². The molecule has 0 unspecified atom stereocenters. The van der Waals surface area contributed by atoms with Crippen molar-refractivity contribution >= 4 is 17.3 Å². The highest BCUT2D eigenvalue weighted by atomic mass is 16.1. The van der Waals surface area contributed by atoms with E-state index in [1.54, 1.807) is 41.7 Å². The van der Waals surface area contributed by atoms with Crippen LogP contribution in [-0.2, 0) is 31.7 Å². The first-order valence-electron chi connectivity index (χ1n) is 7.75. The molecule has 0 fully saturated rings. The monoisotopic (exact) mass is 330 g/mol. The summed E-state index contributed by atoms with van der Waals surface area (Å²) in [6.45, 7) is 1.77. The lowest BCUT2D eigenvalue weighted by atomic mass is 10.1. The second kappa shape index (κ2) is 7.35. The Labute approximate surface area is 140 Å². The topological polar surface area (TPSA) is 100.0 Å². The molecule has 0 saturated heterocycles. The van der Waals surface area contributed by atoms with Crippen molar-refractivity contribution in [3.63, 3.8) is 0 Å². The quantitative estimate of drug-likeness (QED) is 0.723. The van der Waals surface area contributed by atoms with Gasteiger partial charge in [0.15, 0.2) is 17.4 Å². The van der Waals surface area contributed by atoms with E-state index in [0.717, 1.165) is 5.56 Å². The number of Topliss-reactive ketones (excluding diaryl/α,β-unsaturated/α-hetero) is 3. The Hall–Kier alpha value is -2.54. The van der Waals surface area contributed by atoms with Gasteiger partial charge in [0.1, 0.15) is 5.78 Å². The highest BCUT2D eigenvalue weighted by Gasteiger charge is 2.17. The summed E-state index contributed by atoms with van der Waals surface area (Å²) in [6.07, 6.45) is 4.18. The minimum Gasteiger partial charge on any atom is -0.348 e. The number of ketones is 3. The first-order valence-corrected chi connectivity index (χ1v) is 7.75. The molecule has 2 heterocycles. The molecule has 2 N–H and O–H groups in total. The fraction of sp³-hybridized carbons (Fsp3) is 0.412. The number of rotatable bonds is 8. The first kappa shape index (κ1) is 17.8. The van der Waals surface area contributed by atoms with E-state index < -0.39 is 0 Å². The van der Waals surface area contributed by atoms with Crippen LogP contribution in [0.1, 0.15) is 45.7 Å². The first-order chi connectivity index (χ1) is 11.3. The van der Waals surface area contributed by atoms with Gasteiger partial charge >= 0.3 is 0 Å². The molecule has 0 bridgehead atoms. The maximum absolute atomic E-state index is 12.5. The van der Waals surface area contributed by atoms with E-state index in [9.17, 15) is 14.4 Å². The molecule has 128 valence electrons. The number of carbonyl (C=O) groups is 3. The second-order valence-electron chi connectivity index (χ2n) is 5.92. The fourth-order valence-corrected chi connectivity index (χ4v) is 2.68. The minimum atomic E-state index is -0.143. The summed E-state index contributed by atoms with van der Waals surface area (Å²) in [7, 11) is 3.49. The summed E-state index contributed by atoms with van der Waals surface area (Å²) >= 11 is 0. The van der Waals surface area contributed by atoms with Gasteiger partial charge in [-0.2, -0.15) is 0 Å². The van der Waals surface area contributed by atoms with Crippen LogP contribution in [0.25, 0.3) is 0 Å². The van der Waals surface area contributed by atoms with Gasteiger partial charge < -0.3 is 14.9 Å². The van der Waals surface area contributed by atoms with Crippen molar-refractivity contribution in [3.05, 3.63) is 41.2 Å². The fourth-order valence-electron chi connectivity index (χ4n) is 2.68. The van der Waals surface area contributed by atoms with E-state index in [0.29, 0.717) is 30.2 Å². The molecule has 2 aromatic rings. The summed E-state index contributed by atoms with van der Waals surface area (Å²) in [5.41, 5.74) is 7.24. The van der Waals surface area contributed by atoms with Gasteiger partial charge in [-0.1, -0.05) is 0 Å². The van der Waals surface area contributed by atoms with E-state index in [-0.39, 0.29) is 30.2 Å². The van der Waals surface area contributed by atoms with Crippen LogP contribution in [0.2, 0.25) is 0 Å². The van der Waals surface area contributed by atoms with Crippen LogP contribution >= 0.6 is 0 Å². The molecular formula is C17H22N4O3. The van der Waals surface area contributed by atoms with Gasteiger partial charge in [-0.15, -0.1) is 0 Å². The molecule has 0 aliphatic heterocycles. The predicted octanol–water partition coefficient (Wildman–Crippen LogP) is 0.847. The maximum atomic E-state index is 12.5. The van der Waals surface area contributed by atoms with Gasteiger partial charge in [-0.05, 0) is 18.2 Å². The zero-order valence-corrected chi connectivity index (χ0v) is 14.2. The van der Waals surface area contributed by atoms with Crippen molar-refractivity contribution in [1.29, 1.82) is 0 Å². The van der Waals surface area contributed by atoms with Gasteiger partial charge in [0.05, 0.1) is 17.8 Å². The lowest BCUT2D eigenvalue weighted by molar-refractivity contribution is -0.118. The van der Waals surface area contributed by atoms with Crippen LogP contribution in [0.4, 0.5) is 0 Å². The van der Waals surface area contributed by atoms with Crippen molar-refractivity contribution in [3.8, 4) is 0 Å². The molecule has 0 amide bonds. The minimum absolute atomic E-state index is 0.0536. The van der Waals surface area contributed by atoms with Crippen molar-refractivity contribution in [2.45, 2.75) is 26.2 Å². The molecule has 24 heavy (non-hydrogen) atoms. The van der Waals surface area contributed by atoms with Gasteiger partial charge in [-0.25, -0.2) is 4.98 Å². The van der Waals surface area contributed by atoms with E-state index in [2.05, 4.69) is 4.98 Å². The van der Waals surface area contributed by atoms with Crippen LogP contribution < -0.4 is 5.73 Å². The Morgan fingerprint density at radius 2 is 1.83 bits per heavy atom. The molecular weight excluding hydrogens is 308 g/mol. The summed E-state index contributed by atoms with van der Waals surface area (Å²) in [4.78, 5) is 39.8. The van der Waals surface area contributed by atoms with Gasteiger partial charge in [0, 0.05) is 46.3 Å². The molecule has 0 saturated carbocycles. The van der Waals surface area contributed by atoms with E-state index in [4.69, 9.17) is 5.73 Å². The Morgan fingerprint density at radius 3 is 2.42 bits per heavy atom. The van der Waals surface area contributed by atoms with Gasteiger partial charge in [-0.3, -0.25) is 14.4 Å². The number of nitrogens with zero attached hydrogens (tertiary/aromatic N) is 3. The third-order valence-corrected chi connectivity index (χ3v) is 3.75. The van der Waals surface area contributed by atoms with Gasteiger partial charge in [0.2, 0.25) is 0 Å². The number of nitrogens with two attached hydrogens (primary N) is 1. The third-order valence-electron chi connectivity index (χ3n) is 3.75. The third kappa shape index (κ3) is 4.05. The molecule has 0 aromatic carbocycles. The lowest BCUT2D eigenvalue weighted by Crippen LogP contribution is -2.09. The highest BCUT2D eigenvalue weighted by molar-refractivity contribution is 5.97. The molecule has 2 rings (SSSR count).